The predicted octanol–water partition coefficient (Wildman–Crippen LogP) is 3.14. The molecule has 0 atom stereocenters. The number of thiophene rings is 1. The van der Waals surface area contributed by atoms with Gasteiger partial charge in [0.2, 0.25) is 11.8 Å². The number of carbonyl (C=O) groups excluding carboxylic acids is 2. The molecule has 2 aromatic rings. The molecule has 0 bridgehead atoms. The number of hydrogen-bond donors (Lipinski definition) is 0. The van der Waals surface area contributed by atoms with E-state index in [1.807, 2.05) is 5.38 Å². The number of rotatable bonds is 3. The Labute approximate surface area is 125 Å². The van der Waals surface area contributed by atoms with Crippen LogP contribution in [0.15, 0.2) is 11.4 Å². The predicted molar refractivity (Wildman–Crippen MR) is 79.7 cm³/mol. The van der Waals surface area contributed by atoms with E-state index in [0.717, 1.165) is 16.3 Å². The number of likely N-dealkylation sites (tertiary alicyclic amines) is 1. The van der Waals surface area contributed by atoms with E-state index < -0.39 is 0 Å². The molecule has 1 saturated heterocycles. The summed E-state index contributed by atoms with van der Waals surface area (Å²) in [6.07, 6.45) is 0.666. The summed E-state index contributed by atoms with van der Waals surface area (Å²) in [6, 6.07) is 2.13. The number of thiazole rings is 1. The Bertz CT molecular complexity index is 671. The van der Waals surface area contributed by atoms with Crippen LogP contribution in [0.25, 0.3) is 11.3 Å². The molecule has 1 aliphatic rings. The third kappa shape index (κ3) is 2.41. The first-order chi connectivity index (χ1) is 9.54. The topological polar surface area (TPSA) is 50.3 Å². The Kier molecular flexibility index (Phi) is 3.43. The molecular formula is C14H14N2O2S2. The largest absolute Gasteiger partial charge is 0.276 e. The number of carbonyl (C=O) groups is 2. The van der Waals surface area contributed by atoms with E-state index in [9.17, 15) is 9.59 Å². The minimum atomic E-state index is -0.0886. The van der Waals surface area contributed by atoms with Crippen molar-refractivity contribution in [2.45, 2.75) is 33.2 Å². The molecule has 4 nitrogen and oxygen atoms in total. The van der Waals surface area contributed by atoms with Crippen molar-refractivity contribution in [2.24, 2.45) is 0 Å². The van der Waals surface area contributed by atoms with Crippen LogP contribution in [0.2, 0.25) is 0 Å². The highest BCUT2D eigenvalue weighted by Gasteiger charge is 2.29. The van der Waals surface area contributed by atoms with Gasteiger partial charge in [-0.2, -0.15) is 0 Å². The zero-order valence-electron chi connectivity index (χ0n) is 11.3. The van der Waals surface area contributed by atoms with Crippen molar-refractivity contribution < 1.29 is 9.59 Å². The number of aryl methyl sites for hydroxylation is 2. The van der Waals surface area contributed by atoms with Crippen molar-refractivity contribution in [3.8, 4) is 11.3 Å². The molecule has 0 unspecified atom stereocenters. The summed E-state index contributed by atoms with van der Waals surface area (Å²) < 4.78 is 0. The van der Waals surface area contributed by atoms with Crippen LogP contribution in [0.3, 0.4) is 0 Å². The number of amides is 2. The van der Waals surface area contributed by atoms with Gasteiger partial charge in [0.05, 0.1) is 12.2 Å². The van der Waals surface area contributed by atoms with Crippen LogP contribution in [0.4, 0.5) is 0 Å². The first-order valence-electron chi connectivity index (χ1n) is 6.39. The smallest absolute Gasteiger partial charge is 0.230 e. The van der Waals surface area contributed by atoms with Gasteiger partial charge in [0.1, 0.15) is 5.01 Å². The standard InChI is InChI=1S/C14H14N2O2S2/c1-8-5-10(9(2)20-8)11-7-19-12(15-11)6-16-13(17)3-4-14(16)18/h5,7H,3-4,6H2,1-2H3. The van der Waals surface area contributed by atoms with Gasteiger partial charge in [-0.25, -0.2) is 4.98 Å². The molecule has 6 heteroatoms. The molecule has 0 spiro atoms. The molecule has 3 rings (SSSR count). The van der Waals surface area contributed by atoms with Crippen LogP contribution in [0.5, 0.6) is 0 Å². The fourth-order valence-corrected chi connectivity index (χ4v) is 4.04. The Balaban J connectivity index is 1.82. The molecular weight excluding hydrogens is 292 g/mol. The SMILES string of the molecule is Cc1cc(-c2csc(CN3C(=O)CCC3=O)n2)c(C)s1. The van der Waals surface area contributed by atoms with Crippen molar-refractivity contribution in [1.29, 1.82) is 0 Å². The average Bonchev–Trinajstić information content (AvgIpc) is 3.06. The summed E-state index contributed by atoms with van der Waals surface area (Å²) in [7, 11) is 0. The summed E-state index contributed by atoms with van der Waals surface area (Å²) in [4.78, 5) is 31.6. The summed E-state index contributed by atoms with van der Waals surface area (Å²) in [5.74, 6) is -0.177. The van der Waals surface area contributed by atoms with Gasteiger partial charge >= 0.3 is 0 Å². The number of aromatic nitrogens is 1. The Morgan fingerprint density at radius 2 is 1.95 bits per heavy atom. The van der Waals surface area contributed by atoms with Gasteiger partial charge in [0.15, 0.2) is 0 Å². The first-order valence-corrected chi connectivity index (χ1v) is 8.09. The lowest BCUT2D eigenvalue weighted by Gasteiger charge is -2.10. The second-order valence-corrected chi connectivity index (χ2v) is 7.23. The molecule has 0 N–H and O–H groups in total. The van der Waals surface area contributed by atoms with Crippen LogP contribution in [-0.2, 0) is 16.1 Å². The summed E-state index contributed by atoms with van der Waals surface area (Å²) in [5, 5.41) is 2.81. The maximum atomic E-state index is 11.6. The normalized spacial score (nSPS) is 15.4. The van der Waals surface area contributed by atoms with Gasteiger partial charge in [0, 0.05) is 33.5 Å². The lowest BCUT2D eigenvalue weighted by Crippen LogP contribution is -2.28. The zero-order valence-corrected chi connectivity index (χ0v) is 12.9. The monoisotopic (exact) mass is 306 g/mol. The molecule has 3 heterocycles. The van der Waals surface area contributed by atoms with Crippen molar-refractivity contribution in [3.05, 3.63) is 26.2 Å². The number of imide groups is 1. The summed E-state index contributed by atoms with van der Waals surface area (Å²) >= 11 is 3.25. The molecule has 20 heavy (non-hydrogen) atoms. The quantitative estimate of drug-likeness (QED) is 0.819. The maximum absolute atomic E-state index is 11.6. The molecule has 2 amide bonds. The van der Waals surface area contributed by atoms with Crippen molar-refractivity contribution >= 4 is 34.5 Å². The fraction of sp³-hybridized carbons (Fsp3) is 0.357. The first kappa shape index (κ1) is 13.5. The van der Waals surface area contributed by atoms with E-state index in [-0.39, 0.29) is 11.8 Å². The Morgan fingerprint density at radius 1 is 1.25 bits per heavy atom. The van der Waals surface area contributed by atoms with E-state index >= 15 is 0 Å². The molecule has 104 valence electrons. The van der Waals surface area contributed by atoms with Gasteiger partial charge in [-0.05, 0) is 19.9 Å². The molecule has 1 fully saturated rings. The van der Waals surface area contributed by atoms with Crippen molar-refractivity contribution in [2.75, 3.05) is 0 Å². The third-order valence-electron chi connectivity index (χ3n) is 3.32. The van der Waals surface area contributed by atoms with Gasteiger partial charge in [-0.15, -0.1) is 22.7 Å². The molecule has 0 aromatic carbocycles. The molecule has 0 saturated carbocycles. The minimum Gasteiger partial charge on any atom is -0.276 e. The lowest BCUT2D eigenvalue weighted by molar-refractivity contribution is -0.139. The van der Waals surface area contributed by atoms with Crippen LogP contribution >= 0.6 is 22.7 Å². The van der Waals surface area contributed by atoms with Gasteiger partial charge in [0.25, 0.3) is 0 Å². The minimum absolute atomic E-state index is 0.0886. The zero-order chi connectivity index (χ0) is 14.3. The molecule has 1 aliphatic heterocycles. The van der Waals surface area contributed by atoms with Crippen LogP contribution in [0.1, 0.15) is 27.6 Å². The molecule has 0 aliphatic carbocycles. The Morgan fingerprint density at radius 3 is 2.55 bits per heavy atom. The van der Waals surface area contributed by atoms with Crippen molar-refractivity contribution in [3.63, 3.8) is 0 Å². The second-order valence-electron chi connectivity index (χ2n) is 4.83. The highest BCUT2D eigenvalue weighted by atomic mass is 32.1. The van der Waals surface area contributed by atoms with E-state index in [4.69, 9.17) is 0 Å². The van der Waals surface area contributed by atoms with Gasteiger partial charge < -0.3 is 0 Å². The van der Waals surface area contributed by atoms with E-state index in [1.165, 1.54) is 26.0 Å². The average molecular weight is 306 g/mol. The van der Waals surface area contributed by atoms with Crippen LogP contribution < -0.4 is 0 Å². The van der Waals surface area contributed by atoms with E-state index in [1.54, 1.807) is 11.3 Å². The van der Waals surface area contributed by atoms with Crippen molar-refractivity contribution in [1.82, 2.24) is 9.88 Å². The van der Waals surface area contributed by atoms with E-state index in [2.05, 4.69) is 24.9 Å². The summed E-state index contributed by atoms with van der Waals surface area (Å²) in [5.41, 5.74) is 2.08. The fourth-order valence-electron chi connectivity index (χ4n) is 2.33. The number of nitrogens with zero attached hydrogens (tertiary/aromatic N) is 2. The second kappa shape index (κ2) is 5.10. The van der Waals surface area contributed by atoms with Gasteiger partial charge in [-0.3, -0.25) is 14.5 Å². The maximum Gasteiger partial charge on any atom is 0.230 e. The lowest BCUT2D eigenvalue weighted by atomic mass is 10.2. The highest BCUT2D eigenvalue weighted by Crippen LogP contribution is 2.31. The van der Waals surface area contributed by atoms with Gasteiger partial charge in [-0.1, -0.05) is 0 Å². The van der Waals surface area contributed by atoms with Crippen LogP contribution in [0, 0.1) is 13.8 Å². The Hall–Kier alpha value is -1.53. The van der Waals surface area contributed by atoms with E-state index in [0.29, 0.717) is 19.4 Å². The number of hydrogen-bond acceptors (Lipinski definition) is 5. The molecule has 0 radical (unpaired) electrons. The summed E-state index contributed by atoms with van der Waals surface area (Å²) in [6.45, 7) is 4.47. The van der Waals surface area contributed by atoms with Crippen LogP contribution in [-0.4, -0.2) is 21.7 Å². The highest BCUT2D eigenvalue weighted by molar-refractivity contribution is 7.12. The molecule has 2 aromatic heterocycles. The third-order valence-corrected chi connectivity index (χ3v) is 5.12.